The van der Waals surface area contributed by atoms with Crippen LogP contribution in [0.2, 0.25) is 0 Å². The second-order valence-corrected chi connectivity index (χ2v) is 5.63. The molecule has 3 rings (SSSR count). The summed E-state index contributed by atoms with van der Waals surface area (Å²) in [6.07, 6.45) is 1.45. The van der Waals surface area contributed by atoms with Crippen LogP contribution in [0.4, 0.5) is 0 Å². The van der Waals surface area contributed by atoms with Crippen molar-refractivity contribution in [2.45, 2.75) is 31.3 Å². The van der Waals surface area contributed by atoms with Gasteiger partial charge < -0.3 is 14.7 Å². The summed E-state index contributed by atoms with van der Waals surface area (Å²) in [6, 6.07) is 6.02. The van der Waals surface area contributed by atoms with Crippen molar-refractivity contribution in [2.24, 2.45) is 0 Å². The minimum Gasteiger partial charge on any atom is -0.496 e. The molecule has 1 aromatic carbocycles. The molecule has 1 heterocycles. The Morgan fingerprint density at radius 2 is 2.11 bits per heavy atom. The van der Waals surface area contributed by atoms with Crippen molar-refractivity contribution in [1.29, 1.82) is 0 Å². The number of hydrogen-bond donors (Lipinski definition) is 1. The highest BCUT2D eigenvalue weighted by molar-refractivity contribution is 5.92. The predicted octanol–water partition coefficient (Wildman–Crippen LogP) is 1.24. The van der Waals surface area contributed by atoms with Crippen molar-refractivity contribution in [3.8, 4) is 5.75 Å². The van der Waals surface area contributed by atoms with Crippen LogP contribution in [-0.2, 0) is 10.2 Å². The van der Waals surface area contributed by atoms with E-state index in [0.717, 1.165) is 29.7 Å². The lowest BCUT2D eigenvalue weighted by Crippen LogP contribution is -2.56. The average Bonchev–Trinajstić information content (AvgIpc) is 3.16. The van der Waals surface area contributed by atoms with Crippen molar-refractivity contribution in [2.75, 3.05) is 20.2 Å². The van der Waals surface area contributed by atoms with E-state index in [9.17, 15) is 9.90 Å². The third kappa shape index (κ3) is 1.91. The first-order chi connectivity index (χ1) is 9.06. The maximum absolute atomic E-state index is 12.5. The molecule has 0 bridgehead atoms. The topological polar surface area (TPSA) is 49.8 Å². The molecular formula is C15H19NO3. The van der Waals surface area contributed by atoms with Crippen molar-refractivity contribution in [1.82, 2.24) is 4.90 Å². The number of aliphatic hydroxyl groups excluding tert-OH is 1. The van der Waals surface area contributed by atoms with Crippen LogP contribution in [0.15, 0.2) is 18.2 Å². The molecule has 102 valence electrons. The van der Waals surface area contributed by atoms with Crippen LogP contribution in [0.25, 0.3) is 0 Å². The van der Waals surface area contributed by atoms with Gasteiger partial charge >= 0.3 is 0 Å². The fourth-order valence-electron chi connectivity index (χ4n) is 2.79. The smallest absolute Gasteiger partial charge is 0.233 e. The van der Waals surface area contributed by atoms with Gasteiger partial charge in [-0.05, 0) is 37.0 Å². The predicted molar refractivity (Wildman–Crippen MR) is 71.2 cm³/mol. The summed E-state index contributed by atoms with van der Waals surface area (Å²) in [5.41, 5.74) is 1.76. The van der Waals surface area contributed by atoms with E-state index in [1.165, 1.54) is 0 Å². The van der Waals surface area contributed by atoms with Crippen LogP contribution in [0.3, 0.4) is 0 Å². The van der Waals surface area contributed by atoms with E-state index in [1.807, 2.05) is 25.1 Å². The Balaban J connectivity index is 1.86. The number of carbonyl (C=O) groups excluding carboxylic acids is 1. The van der Waals surface area contributed by atoms with Gasteiger partial charge in [0.1, 0.15) is 5.75 Å². The van der Waals surface area contributed by atoms with Crippen molar-refractivity contribution in [3.05, 3.63) is 29.3 Å². The molecule has 1 saturated heterocycles. The number of hydrogen-bond acceptors (Lipinski definition) is 3. The zero-order valence-electron chi connectivity index (χ0n) is 11.3. The normalized spacial score (nSPS) is 20.9. The van der Waals surface area contributed by atoms with Gasteiger partial charge in [-0.2, -0.15) is 0 Å². The van der Waals surface area contributed by atoms with E-state index in [-0.39, 0.29) is 17.4 Å². The lowest BCUT2D eigenvalue weighted by molar-refractivity contribution is -0.144. The fraction of sp³-hybridized carbons (Fsp3) is 0.533. The van der Waals surface area contributed by atoms with Gasteiger partial charge in [0.2, 0.25) is 5.91 Å². The van der Waals surface area contributed by atoms with Gasteiger partial charge in [0.15, 0.2) is 0 Å². The number of likely N-dealkylation sites (tertiary alicyclic amines) is 1. The van der Waals surface area contributed by atoms with Gasteiger partial charge in [-0.25, -0.2) is 0 Å². The Morgan fingerprint density at radius 1 is 1.42 bits per heavy atom. The largest absolute Gasteiger partial charge is 0.496 e. The van der Waals surface area contributed by atoms with E-state index in [1.54, 1.807) is 12.0 Å². The van der Waals surface area contributed by atoms with E-state index >= 15 is 0 Å². The summed E-state index contributed by atoms with van der Waals surface area (Å²) in [7, 11) is 1.65. The second kappa shape index (κ2) is 4.23. The Morgan fingerprint density at radius 3 is 2.63 bits per heavy atom. The molecule has 2 fully saturated rings. The van der Waals surface area contributed by atoms with Gasteiger partial charge in [0.25, 0.3) is 0 Å². The molecule has 4 heteroatoms. The first-order valence-electron chi connectivity index (χ1n) is 6.69. The standard InChI is InChI=1S/C15H19NO3/c1-10-3-4-11(7-13(10)19-2)15(5-6-15)14(18)16-8-12(17)9-16/h3-4,7,12,17H,5-6,8-9H2,1-2H3. The van der Waals surface area contributed by atoms with E-state index < -0.39 is 0 Å². The molecule has 0 unspecified atom stereocenters. The highest BCUT2D eigenvalue weighted by Gasteiger charge is 2.54. The monoisotopic (exact) mass is 261 g/mol. The van der Waals surface area contributed by atoms with E-state index in [0.29, 0.717) is 13.1 Å². The lowest BCUT2D eigenvalue weighted by atomic mass is 9.91. The second-order valence-electron chi connectivity index (χ2n) is 5.63. The minimum absolute atomic E-state index is 0.156. The van der Waals surface area contributed by atoms with Crippen molar-refractivity contribution < 1.29 is 14.6 Å². The Hall–Kier alpha value is -1.55. The third-order valence-electron chi connectivity index (χ3n) is 4.27. The zero-order chi connectivity index (χ0) is 13.6. The summed E-state index contributed by atoms with van der Waals surface area (Å²) < 4.78 is 5.34. The quantitative estimate of drug-likeness (QED) is 0.890. The molecule has 0 spiro atoms. The number of ether oxygens (including phenoxy) is 1. The maximum Gasteiger partial charge on any atom is 0.233 e. The number of benzene rings is 1. The molecule has 0 aromatic heterocycles. The molecule has 2 aliphatic rings. The Bertz CT molecular complexity index is 516. The first-order valence-corrected chi connectivity index (χ1v) is 6.69. The molecule has 0 radical (unpaired) electrons. The third-order valence-corrected chi connectivity index (χ3v) is 4.27. The van der Waals surface area contributed by atoms with E-state index in [2.05, 4.69) is 0 Å². The highest BCUT2D eigenvalue weighted by atomic mass is 16.5. The summed E-state index contributed by atoms with van der Waals surface area (Å²) in [5, 5.41) is 9.33. The summed E-state index contributed by atoms with van der Waals surface area (Å²) in [6.45, 7) is 2.95. The number of methoxy groups -OCH3 is 1. The number of nitrogens with zero attached hydrogens (tertiary/aromatic N) is 1. The molecule has 1 aliphatic heterocycles. The van der Waals surface area contributed by atoms with Crippen LogP contribution in [0, 0.1) is 6.92 Å². The fourth-order valence-corrected chi connectivity index (χ4v) is 2.79. The Kier molecular flexibility index (Phi) is 2.78. The molecule has 19 heavy (non-hydrogen) atoms. The van der Waals surface area contributed by atoms with Crippen molar-refractivity contribution >= 4 is 5.91 Å². The molecular weight excluding hydrogens is 242 g/mol. The van der Waals surface area contributed by atoms with Crippen molar-refractivity contribution in [3.63, 3.8) is 0 Å². The minimum atomic E-state index is -0.360. The lowest BCUT2D eigenvalue weighted by Gasteiger charge is -2.38. The molecule has 0 atom stereocenters. The van der Waals surface area contributed by atoms with Gasteiger partial charge in [-0.1, -0.05) is 12.1 Å². The maximum atomic E-state index is 12.5. The molecule has 1 saturated carbocycles. The van der Waals surface area contributed by atoms with Crippen LogP contribution in [0.1, 0.15) is 24.0 Å². The molecule has 4 nitrogen and oxygen atoms in total. The van der Waals surface area contributed by atoms with Gasteiger partial charge in [-0.3, -0.25) is 4.79 Å². The van der Waals surface area contributed by atoms with Crippen LogP contribution in [0.5, 0.6) is 5.75 Å². The summed E-state index contributed by atoms with van der Waals surface area (Å²) >= 11 is 0. The first kappa shape index (κ1) is 12.5. The van der Waals surface area contributed by atoms with Gasteiger partial charge in [0.05, 0.1) is 18.6 Å². The SMILES string of the molecule is COc1cc(C2(C(=O)N3CC(O)C3)CC2)ccc1C. The highest BCUT2D eigenvalue weighted by Crippen LogP contribution is 2.51. The van der Waals surface area contributed by atoms with Crippen LogP contribution < -0.4 is 4.74 Å². The molecule has 1 aromatic rings. The van der Waals surface area contributed by atoms with Crippen LogP contribution in [-0.4, -0.2) is 42.2 Å². The summed E-state index contributed by atoms with van der Waals surface area (Å²) in [5.74, 6) is 0.990. The number of carbonyl (C=O) groups is 1. The van der Waals surface area contributed by atoms with E-state index in [4.69, 9.17) is 4.74 Å². The molecule has 1 N–H and O–H groups in total. The summed E-state index contributed by atoms with van der Waals surface area (Å²) in [4.78, 5) is 14.3. The van der Waals surface area contributed by atoms with Gasteiger partial charge in [-0.15, -0.1) is 0 Å². The number of β-amino-alcohol motifs (C(OH)–C–C–N with tert-alkyl or cyclic N) is 1. The zero-order valence-corrected chi connectivity index (χ0v) is 11.3. The number of aliphatic hydroxyl groups is 1. The average molecular weight is 261 g/mol. The molecule has 1 amide bonds. The van der Waals surface area contributed by atoms with Gasteiger partial charge in [0, 0.05) is 13.1 Å². The number of aryl methyl sites for hydroxylation is 1. The Labute approximate surface area is 113 Å². The number of rotatable bonds is 3. The number of amides is 1. The molecule has 1 aliphatic carbocycles. The van der Waals surface area contributed by atoms with Crippen LogP contribution >= 0.6 is 0 Å².